The molecule has 3 aromatic carbocycles. The number of carbonyl (C=O) groups is 3. The van der Waals surface area contributed by atoms with Crippen LogP contribution in [0.5, 0.6) is 0 Å². The standard InChI is InChI=1S/C24H24N2O4/c1-17-8-2-5-12-20(17)25-22(27)14-7-15-24(29)30-16-23(28)26-21-13-6-10-18-9-3-4-11-19(18)21/h2-6,8-13H,7,14-16H2,1H3,(H,25,27)(H,26,28). The van der Waals surface area contributed by atoms with Crippen molar-refractivity contribution in [1.29, 1.82) is 0 Å². The molecule has 6 heteroatoms. The van der Waals surface area contributed by atoms with Gasteiger partial charge in [-0.2, -0.15) is 0 Å². The molecule has 0 fully saturated rings. The van der Waals surface area contributed by atoms with E-state index in [2.05, 4.69) is 10.6 Å². The molecule has 0 unspecified atom stereocenters. The van der Waals surface area contributed by atoms with Crippen molar-refractivity contribution in [3.8, 4) is 0 Å². The normalized spacial score (nSPS) is 10.4. The largest absolute Gasteiger partial charge is 0.456 e. The van der Waals surface area contributed by atoms with Crippen LogP contribution in [0.4, 0.5) is 11.4 Å². The number of hydrogen-bond acceptors (Lipinski definition) is 4. The van der Waals surface area contributed by atoms with Gasteiger partial charge >= 0.3 is 5.97 Å². The van der Waals surface area contributed by atoms with Gasteiger partial charge in [-0.1, -0.05) is 54.6 Å². The predicted octanol–water partition coefficient (Wildman–Crippen LogP) is 4.44. The van der Waals surface area contributed by atoms with Crippen LogP contribution in [0.15, 0.2) is 66.7 Å². The molecule has 0 spiro atoms. The first-order chi connectivity index (χ1) is 14.5. The molecule has 0 aliphatic rings. The van der Waals surface area contributed by atoms with Gasteiger partial charge < -0.3 is 15.4 Å². The third kappa shape index (κ3) is 5.91. The van der Waals surface area contributed by atoms with Gasteiger partial charge in [0, 0.05) is 29.6 Å². The van der Waals surface area contributed by atoms with Gasteiger partial charge in [0.25, 0.3) is 5.91 Å². The zero-order chi connectivity index (χ0) is 21.3. The zero-order valence-electron chi connectivity index (χ0n) is 16.8. The smallest absolute Gasteiger partial charge is 0.306 e. The molecular formula is C24H24N2O4. The summed E-state index contributed by atoms with van der Waals surface area (Å²) in [5.41, 5.74) is 2.40. The Balaban J connectivity index is 1.38. The lowest BCUT2D eigenvalue weighted by molar-refractivity contribution is -0.147. The number of carbonyl (C=O) groups excluding carboxylic acids is 3. The van der Waals surface area contributed by atoms with Gasteiger partial charge in [0.1, 0.15) is 0 Å². The van der Waals surface area contributed by atoms with E-state index in [0.717, 1.165) is 22.0 Å². The fraction of sp³-hybridized carbons (Fsp3) is 0.208. The van der Waals surface area contributed by atoms with E-state index in [4.69, 9.17) is 4.74 Å². The van der Waals surface area contributed by atoms with Gasteiger partial charge in [-0.25, -0.2) is 0 Å². The number of rotatable bonds is 8. The molecule has 0 bridgehead atoms. The highest BCUT2D eigenvalue weighted by atomic mass is 16.5. The minimum absolute atomic E-state index is 0.0722. The van der Waals surface area contributed by atoms with E-state index in [0.29, 0.717) is 12.1 Å². The van der Waals surface area contributed by atoms with Crippen molar-refractivity contribution in [1.82, 2.24) is 0 Å². The minimum Gasteiger partial charge on any atom is -0.456 e. The number of nitrogens with one attached hydrogen (secondary N) is 2. The summed E-state index contributed by atoms with van der Waals surface area (Å²) in [5.74, 6) is -1.07. The molecule has 6 nitrogen and oxygen atoms in total. The first-order valence-electron chi connectivity index (χ1n) is 9.81. The van der Waals surface area contributed by atoms with Crippen LogP contribution in [-0.4, -0.2) is 24.4 Å². The number of amides is 2. The number of para-hydroxylation sites is 1. The van der Waals surface area contributed by atoms with Crippen molar-refractivity contribution in [2.45, 2.75) is 26.2 Å². The molecule has 154 valence electrons. The number of aryl methyl sites for hydroxylation is 1. The van der Waals surface area contributed by atoms with Crippen LogP contribution in [0.25, 0.3) is 10.8 Å². The van der Waals surface area contributed by atoms with Crippen LogP contribution in [0.1, 0.15) is 24.8 Å². The monoisotopic (exact) mass is 404 g/mol. The second-order valence-corrected chi connectivity index (χ2v) is 6.95. The average molecular weight is 404 g/mol. The van der Waals surface area contributed by atoms with Crippen LogP contribution >= 0.6 is 0 Å². The topological polar surface area (TPSA) is 84.5 Å². The highest BCUT2D eigenvalue weighted by Gasteiger charge is 2.11. The number of anilines is 2. The van der Waals surface area contributed by atoms with Gasteiger partial charge in [0.2, 0.25) is 5.91 Å². The molecule has 0 aliphatic carbocycles. The van der Waals surface area contributed by atoms with Crippen LogP contribution in [0, 0.1) is 6.92 Å². The second-order valence-electron chi connectivity index (χ2n) is 6.95. The van der Waals surface area contributed by atoms with Crippen molar-refractivity contribution in [2.75, 3.05) is 17.2 Å². The summed E-state index contributed by atoms with van der Waals surface area (Å²) in [4.78, 5) is 36.0. The number of esters is 1. The van der Waals surface area contributed by atoms with Crippen molar-refractivity contribution in [3.05, 3.63) is 72.3 Å². The Hall–Kier alpha value is -3.67. The number of hydrogen-bond donors (Lipinski definition) is 2. The maximum Gasteiger partial charge on any atom is 0.306 e. The molecule has 0 aliphatic heterocycles. The second kappa shape index (κ2) is 10.2. The minimum atomic E-state index is -0.508. The SMILES string of the molecule is Cc1ccccc1NC(=O)CCCC(=O)OCC(=O)Nc1cccc2ccccc12. The lowest BCUT2D eigenvalue weighted by Gasteiger charge is -2.10. The summed E-state index contributed by atoms with van der Waals surface area (Å²) in [5, 5.41) is 7.51. The van der Waals surface area contributed by atoms with Crippen LogP contribution in [-0.2, 0) is 19.1 Å². The molecule has 3 aromatic rings. The summed E-state index contributed by atoms with van der Waals surface area (Å²) in [6.45, 7) is 1.55. The Morgan fingerprint density at radius 1 is 0.767 bits per heavy atom. The summed E-state index contributed by atoms with van der Waals surface area (Å²) < 4.78 is 5.02. The van der Waals surface area contributed by atoms with E-state index < -0.39 is 11.9 Å². The van der Waals surface area contributed by atoms with E-state index in [1.165, 1.54) is 0 Å². The van der Waals surface area contributed by atoms with E-state index in [9.17, 15) is 14.4 Å². The Morgan fingerprint density at radius 3 is 2.27 bits per heavy atom. The number of ether oxygens (including phenoxy) is 1. The van der Waals surface area contributed by atoms with Crippen molar-refractivity contribution < 1.29 is 19.1 Å². The molecule has 0 heterocycles. The summed E-state index contributed by atoms with van der Waals surface area (Å²) in [7, 11) is 0. The highest BCUT2D eigenvalue weighted by Crippen LogP contribution is 2.22. The zero-order valence-corrected chi connectivity index (χ0v) is 16.8. The quantitative estimate of drug-likeness (QED) is 0.544. The molecule has 2 amide bonds. The first kappa shape index (κ1) is 21.0. The maximum absolute atomic E-state index is 12.1. The number of benzene rings is 3. The predicted molar refractivity (Wildman–Crippen MR) is 117 cm³/mol. The molecule has 2 N–H and O–H groups in total. The van der Waals surface area contributed by atoms with Crippen LogP contribution < -0.4 is 10.6 Å². The molecule has 0 saturated heterocycles. The molecule has 0 aromatic heterocycles. The summed E-state index contributed by atoms with van der Waals surface area (Å²) in [6.07, 6.45) is 0.621. The Bertz CT molecular complexity index is 1060. The van der Waals surface area contributed by atoms with Crippen LogP contribution in [0.2, 0.25) is 0 Å². The summed E-state index contributed by atoms with van der Waals surface area (Å²) in [6, 6.07) is 20.8. The van der Waals surface area contributed by atoms with E-state index in [-0.39, 0.29) is 25.4 Å². The fourth-order valence-electron chi connectivity index (χ4n) is 3.06. The lowest BCUT2D eigenvalue weighted by atomic mass is 10.1. The molecule has 30 heavy (non-hydrogen) atoms. The van der Waals surface area contributed by atoms with Crippen LogP contribution in [0.3, 0.4) is 0 Å². The summed E-state index contributed by atoms with van der Waals surface area (Å²) >= 11 is 0. The average Bonchev–Trinajstić information content (AvgIpc) is 2.74. The Kier molecular flexibility index (Phi) is 7.16. The van der Waals surface area contributed by atoms with Gasteiger partial charge in [-0.15, -0.1) is 0 Å². The lowest BCUT2D eigenvalue weighted by Crippen LogP contribution is -2.21. The van der Waals surface area contributed by atoms with E-state index in [1.807, 2.05) is 67.6 Å². The molecule has 0 radical (unpaired) electrons. The first-order valence-corrected chi connectivity index (χ1v) is 9.81. The molecular weight excluding hydrogens is 380 g/mol. The van der Waals surface area contributed by atoms with Gasteiger partial charge in [-0.3, -0.25) is 14.4 Å². The van der Waals surface area contributed by atoms with Crippen molar-refractivity contribution in [2.24, 2.45) is 0 Å². The fourth-order valence-corrected chi connectivity index (χ4v) is 3.06. The highest BCUT2D eigenvalue weighted by molar-refractivity contribution is 6.02. The maximum atomic E-state index is 12.1. The van der Waals surface area contributed by atoms with E-state index >= 15 is 0 Å². The third-order valence-electron chi connectivity index (χ3n) is 4.63. The molecule has 3 rings (SSSR count). The Morgan fingerprint density at radius 2 is 1.43 bits per heavy atom. The third-order valence-corrected chi connectivity index (χ3v) is 4.63. The molecule has 0 atom stereocenters. The molecule has 0 saturated carbocycles. The Labute approximate surface area is 175 Å². The van der Waals surface area contributed by atoms with Gasteiger partial charge in [0.05, 0.1) is 0 Å². The van der Waals surface area contributed by atoms with Crippen molar-refractivity contribution in [3.63, 3.8) is 0 Å². The van der Waals surface area contributed by atoms with Gasteiger partial charge in [0.15, 0.2) is 6.61 Å². The van der Waals surface area contributed by atoms with Crippen molar-refractivity contribution >= 4 is 39.9 Å². The van der Waals surface area contributed by atoms with E-state index in [1.54, 1.807) is 6.07 Å². The van der Waals surface area contributed by atoms with Gasteiger partial charge in [-0.05, 0) is 36.4 Å². The number of fused-ring (bicyclic) bond motifs is 1.